The van der Waals surface area contributed by atoms with E-state index in [9.17, 15) is 9.59 Å². The van der Waals surface area contributed by atoms with Crippen LogP contribution in [-0.4, -0.2) is 25.2 Å². The third-order valence-electron chi connectivity index (χ3n) is 1.83. The number of rotatable bonds is 8. The number of carbonyl (C=O) groups excluding carboxylic acids is 2. The van der Waals surface area contributed by atoms with Gasteiger partial charge < -0.3 is 9.47 Å². The van der Waals surface area contributed by atoms with Crippen LogP contribution in [0.5, 0.6) is 0 Å². The lowest BCUT2D eigenvalue weighted by atomic mass is 10.2. The molecule has 82 valence electrons. The molecule has 0 radical (unpaired) electrons. The molecule has 14 heavy (non-hydrogen) atoms. The first kappa shape index (κ1) is 12.9. The Labute approximate surface area is 84.6 Å². The fourth-order valence-electron chi connectivity index (χ4n) is 0.958. The molecular weight excluding hydrogens is 184 g/mol. The van der Waals surface area contributed by atoms with Crippen LogP contribution in [0.25, 0.3) is 0 Å². The zero-order valence-corrected chi connectivity index (χ0v) is 8.82. The van der Waals surface area contributed by atoms with Crippen LogP contribution >= 0.6 is 0 Å². The maximum Gasteiger partial charge on any atom is 0.347 e. The quantitative estimate of drug-likeness (QED) is 0.341. The first-order valence-electron chi connectivity index (χ1n) is 4.98. The predicted molar refractivity (Wildman–Crippen MR) is 51.7 cm³/mol. The van der Waals surface area contributed by atoms with Gasteiger partial charge in [-0.05, 0) is 13.3 Å². The van der Waals surface area contributed by atoms with Gasteiger partial charge in [0.1, 0.15) is 0 Å². The van der Waals surface area contributed by atoms with Gasteiger partial charge in [0.25, 0.3) is 6.47 Å². The molecule has 1 unspecified atom stereocenters. The van der Waals surface area contributed by atoms with Gasteiger partial charge in [-0.3, -0.25) is 4.79 Å². The second-order valence-corrected chi connectivity index (χ2v) is 3.10. The molecule has 0 aromatic rings. The molecule has 0 saturated carbocycles. The summed E-state index contributed by atoms with van der Waals surface area (Å²) >= 11 is 0. The van der Waals surface area contributed by atoms with Crippen LogP contribution in [-0.2, 0) is 19.1 Å². The fourth-order valence-corrected chi connectivity index (χ4v) is 0.958. The Balaban J connectivity index is 3.38. The summed E-state index contributed by atoms with van der Waals surface area (Å²) in [7, 11) is 0. The fraction of sp³-hybridized carbons (Fsp3) is 0.800. The molecular formula is C10H18O4. The van der Waals surface area contributed by atoms with E-state index in [0.29, 0.717) is 6.61 Å². The van der Waals surface area contributed by atoms with Crippen molar-refractivity contribution in [3.8, 4) is 0 Å². The van der Waals surface area contributed by atoms with E-state index in [0.717, 1.165) is 25.7 Å². The molecule has 0 amide bonds. The maximum absolute atomic E-state index is 11.1. The van der Waals surface area contributed by atoms with Gasteiger partial charge in [0.05, 0.1) is 6.61 Å². The molecule has 0 N–H and O–H groups in total. The van der Waals surface area contributed by atoms with Gasteiger partial charge in [-0.2, -0.15) is 0 Å². The normalized spacial score (nSPS) is 11.9. The lowest BCUT2D eigenvalue weighted by molar-refractivity contribution is -0.160. The lowest BCUT2D eigenvalue weighted by Crippen LogP contribution is -2.23. The smallest absolute Gasteiger partial charge is 0.347 e. The zero-order chi connectivity index (χ0) is 10.8. The summed E-state index contributed by atoms with van der Waals surface area (Å²) in [6.07, 6.45) is 3.44. The van der Waals surface area contributed by atoms with Crippen LogP contribution in [0.2, 0.25) is 0 Å². The molecule has 0 aliphatic heterocycles. The Kier molecular flexibility index (Phi) is 7.89. The van der Waals surface area contributed by atoms with Crippen molar-refractivity contribution in [1.82, 2.24) is 0 Å². The minimum atomic E-state index is -0.793. The first-order chi connectivity index (χ1) is 6.72. The molecule has 0 aromatic heterocycles. The highest BCUT2D eigenvalue weighted by Crippen LogP contribution is 2.00. The van der Waals surface area contributed by atoms with Crippen molar-refractivity contribution in [3.63, 3.8) is 0 Å². The summed E-state index contributed by atoms with van der Waals surface area (Å²) in [6, 6.07) is 0. The zero-order valence-electron chi connectivity index (χ0n) is 8.82. The van der Waals surface area contributed by atoms with E-state index in [2.05, 4.69) is 11.7 Å². The van der Waals surface area contributed by atoms with E-state index >= 15 is 0 Å². The standard InChI is InChI=1S/C10H18O4/c1-3-4-5-6-7-13-10(12)9(2)14-8-11/h8-9H,3-7H2,1-2H3. The van der Waals surface area contributed by atoms with Crippen molar-refractivity contribution in [1.29, 1.82) is 0 Å². The summed E-state index contributed by atoms with van der Waals surface area (Å²) in [5.41, 5.74) is 0. The second-order valence-electron chi connectivity index (χ2n) is 3.10. The van der Waals surface area contributed by atoms with Gasteiger partial charge in [-0.1, -0.05) is 26.2 Å². The Morgan fingerprint density at radius 1 is 1.36 bits per heavy atom. The average Bonchev–Trinajstić information content (AvgIpc) is 2.17. The average molecular weight is 202 g/mol. The van der Waals surface area contributed by atoms with Gasteiger partial charge in [0.2, 0.25) is 0 Å². The van der Waals surface area contributed by atoms with Crippen molar-refractivity contribution in [2.75, 3.05) is 6.61 Å². The number of ether oxygens (including phenoxy) is 2. The van der Waals surface area contributed by atoms with Crippen LogP contribution in [0.1, 0.15) is 39.5 Å². The van der Waals surface area contributed by atoms with Gasteiger partial charge in [-0.15, -0.1) is 0 Å². The van der Waals surface area contributed by atoms with Crippen molar-refractivity contribution in [2.24, 2.45) is 0 Å². The highest BCUT2D eigenvalue weighted by Gasteiger charge is 2.14. The number of carbonyl (C=O) groups is 2. The van der Waals surface area contributed by atoms with E-state index in [-0.39, 0.29) is 6.47 Å². The minimum absolute atomic E-state index is 0.253. The molecule has 0 fully saturated rings. The number of esters is 1. The molecule has 4 heteroatoms. The molecule has 0 heterocycles. The Morgan fingerprint density at radius 2 is 2.07 bits per heavy atom. The predicted octanol–water partition coefficient (Wildman–Crippen LogP) is 1.67. The van der Waals surface area contributed by atoms with E-state index in [1.54, 1.807) is 0 Å². The molecule has 0 aromatic carbocycles. The van der Waals surface area contributed by atoms with Crippen molar-refractivity contribution in [2.45, 2.75) is 45.6 Å². The van der Waals surface area contributed by atoms with E-state index in [1.165, 1.54) is 6.92 Å². The first-order valence-corrected chi connectivity index (χ1v) is 4.98. The third kappa shape index (κ3) is 6.46. The van der Waals surface area contributed by atoms with Crippen molar-refractivity contribution >= 4 is 12.4 Å². The number of unbranched alkanes of at least 4 members (excludes halogenated alkanes) is 3. The Morgan fingerprint density at radius 3 is 2.64 bits per heavy atom. The van der Waals surface area contributed by atoms with Crippen LogP contribution < -0.4 is 0 Å². The van der Waals surface area contributed by atoms with Crippen LogP contribution in [0.3, 0.4) is 0 Å². The van der Waals surface area contributed by atoms with Gasteiger partial charge in [0, 0.05) is 0 Å². The third-order valence-corrected chi connectivity index (χ3v) is 1.83. The van der Waals surface area contributed by atoms with Gasteiger partial charge in [-0.25, -0.2) is 4.79 Å². The van der Waals surface area contributed by atoms with E-state index < -0.39 is 12.1 Å². The summed E-state index contributed by atoms with van der Waals surface area (Å²) < 4.78 is 9.31. The van der Waals surface area contributed by atoms with Crippen LogP contribution in [0.15, 0.2) is 0 Å². The molecule has 0 aliphatic carbocycles. The van der Waals surface area contributed by atoms with Crippen molar-refractivity contribution < 1.29 is 19.1 Å². The van der Waals surface area contributed by atoms with Crippen molar-refractivity contribution in [3.05, 3.63) is 0 Å². The largest absolute Gasteiger partial charge is 0.463 e. The SMILES string of the molecule is CCCCCCOC(=O)C(C)OC=O. The van der Waals surface area contributed by atoms with Crippen LogP contribution in [0, 0.1) is 0 Å². The Bertz CT molecular complexity index is 168. The van der Waals surface area contributed by atoms with Gasteiger partial charge >= 0.3 is 5.97 Å². The molecule has 4 nitrogen and oxygen atoms in total. The molecule has 0 saturated heterocycles. The lowest BCUT2D eigenvalue weighted by Gasteiger charge is -2.09. The number of hydrogen-bond acceptors (Lipinski definition) is 4. The molecule has 0 bridgehead atoms. The van der Waals surface area contributed by atoms with E-state index in [4.69, 9.17) is 4.74 Å². The Hall–Kier alpha value is -1.06. The maximum atomic E-state index is 11.1. The highest BCUT2D eigenvalue weighted by molar-refractivity contribution is 5.75. The minimum Gasteiger partial charge on any atom is -0.463 e. The summed E-state index contributed by atoms with van der Waals surface area (Å²) in [5, 5.41) is 0. The summed E-state index contributed by atoms with van der Waals surface area (Å²) in [6.45, 7) is 4.27. The van der Waals surface area contributed by atoms with Crippen LogP contribution in [0.4, 0.5) is 0 Å². The number of hydrogen-bond donors (Lipinski definition) is 0. The summed E-state index contributed by atoms with van der Waals surface area (Å²) in [5.74, 6) is -0.478. The second kappa shape index (κ2) is 8.53. The molecule has 1 atom stereocenters. The van der Waals surface area contributed by atoms with Gasteiger partial charge in [0.15, 0.2) is 6.10 Å². The monoisotopic (exact) mass is 202 g/mol. The summed E-state index contributed by atoms with van der Waals surface area (Å²) in [4.78, 5) is 21.0. The topological polar surface area (TPSA) is 52.6 Å². The molecule has 0 aliphatic rings. The highest BCUT2D eigenvalue weighted by atomic mass is 16.6. The molecule has 0 spiro atoms. The molecule has 0 rings (SSSR count). The van der Waals surface area contributed by atoms with E-state index in [1.807, 2.05) is 0 Å².